The van der Waals surface area contributed by atoms with Crippen LogP contribution in [0.4, 0.5) is 11.6 Å². The lowest BCUT2D eigenvalue weighted by molar-refractivity contribution is 0.520. The Balaban J connectivity index is 2.04. The van der Waals surface area contributed by atoms with Gasteiger partial charge in [0.25, 0.3) is 0 Å². The summed E-state index contributed by atoms with van der Waals surface area (Å²) in [5, 5.41) is 6.43. The molecule has 0 bridgehead atoms. The van der Waals surface area contributed by atoms with Gasteiger partial charge in [-0.3, -0.25) is 0 Å². The molecular formula is C11H17BrN4. The van der Waals surface area contributed by atoms with Crippen molar-refractivity contribution in [1.29, 1.82) is 0 Å². The molecule has 1 heterocycles. The van der Waals surface area contributed by atoms with E-state index < -0.39 is 0 Å². The molecule has 16 heavy (non-hydrogen) atoms. The van der Waals surface area contributed by atoms with E-state index in [1.54, 1.807) is 6.33 Å². The Hall–Kier alpha value is -0.840. The Bertz CT molecular complexity index is 376. The first-order valence-corrected chi connectivity index (χ1v) is 6.42. The second-order valence-electron chi connectivity index (χ2n) is 4.34. The molecule has 0 saturated heterocycles. The maximum absolute atomic E-state index is 4.24. The Morgan fingerprint density at radius 3 is 2.62 bits per heavy atom. The summed E-state index contributed by atoms with van der Waals surface area (Å²) in [6, 6.07) is 0. The maximum atomic E-state index is 4.24. The van der Waals surface area contributed by atoms with E-state index in [0.717, 1.165) is 22.7 Å². The highest BCUT2D eigenvalue weighted by Gasteiger charge is 2.40. The number of nitrogens with one attached hydrogen (secondary N) is 2. The van der Waals surface area contributed by atoms with E-state index in [1.807, 2.05) is 7.05 Å². The van der Waals surface area contributed by atoms with Crippen LogP contribution in [0.3, 0.4) is 0 Å². The van der Waals surface area contributed by atoms with Gasteiger partial charge in [-0.25, -0.2) is 9.97 Å². The molecule has 1 fully saturated rings. The third-order valence-corrected chi connectivity index (χ3v) is 4.12. The summed E-state index contributed by atoms with van der Waals surface area (Å²) >= 11 is 3.50. The molecular weight excluding hydrogens is 268 g/mol. The highest BCUT2D eigenvalue weighted by atomic mass is 79.9. The van der Waals surface area contributed by atoms with Crippen LogP contribution >= 0.6 is 15.9 Å². The number of hydrogen-bond acceptors (Lipinski definition) is 4. The first kappa shape index (κ1) is 11.6. The quantitative estimate of drug-likeness (QED) is 0.873. The standard InChI is InChI=1S/C11H17BrN4/c1-3-11(4-5-11)6-14-10-8(12)9(13-2)15-7-16-10/h7H,3-6H2,1-2H3,(H2,13,14,15,16). The smallest absolute Gasteiger partial charge is 0.145 e. The fourth-order valence-electron chi connectivity index (χ4n) is 1.77. The molecule has 0 aliphatic heterocycles. The van der Waals surface area contributed by atoms with Gasteiger partial charge >= 0.3 is 0 Å². The highest BCUT2D eigenvalue weighted by molar-refractivity contribution is 9.10. The average Bonchev–Trinajstić information content (AvgIpc) is 3.08. The van der Waals surface area contributed by atoms with Crippen LogP contribution in [0.2, 0.25) is 0 Å². The molecule has 1 aliphatic carbocycles. The van der Waals surface area contributed by atoms with Crippen LogP contribution in [-0.2, 0) is 0 Å². The van der Waals surface area contributed by atoms with Crippen molar-refractivity contribution in [2.75, 3.05) is 24.2 Å². The van der Waals surface area contributed by atoms with Gasteiger partial charge < -0.3 is 10.6 Å². The van der Waals surface area contributed by atoms with E-state index in [9.17, 15) is 0 Å². The van der Waals surface area contributed by atoms with Crippen molar-refractivity contribution in [3.05, 3.63) is 10.8 Å². The summed E-state index contributed by atoms with van der Waals surface area (Å²) in [6.07, 6.45) is 5.47. The zero-order chi connectivity index (χ0) is 11.6. The Labute approximate surface area is 104 Å². The molecule has 0 unspecified atom stereocenters. The molecule has 0 spiro atoms. The first-order valence-electron chi connectivity index (χ1n) is 5.63. The van der Waals surface area contributed by atoms with E-state index in [4.69, 9.17) is 0 Å². The second kappa shape index (κ2) is 4.57. The molecule has 2 N–H and O–H groups in total. The third kappa shape index (κ3) is 2.29. The van der Waals surface area contributed by atoms with Crippen molar-refractivity contribution in [2.24, 2.45) is 5.41 Å². The topological polar surface area (TPSA) is 49.8 Å². The van der Waals surface area contributed by atoms with E-state index >= 15 is 0 Å². The van der Waals surface area contributed by atoms with E-state index in [1.165, 1.54) is 19.3 Å². The van der Waals surface area contributed by atoms with E-state index in [2.05, 4.69) is 43.5 Å². The van der Waals surface area contributed by atoms with Crippen molar-refractivity contribution in [3.63, 3.8) is 0 Å². The fraction of sp³-hybridized carbons (Fsp3) is 0.636. The van der Waals surface area contributed by atoms with Crippen LogP contribution in [0, 0.1) is 5.41 Å². The van der Waals surface area contributed by atoms with Gasteiger partial charge in [-0.05, 0) is 40.6 Å². The molecule has 5 heteroatoms. The Morgan fingerprint density at radius 1 is 1.38 bits per heavy atom. The summed E-state index contributed by atoms with van der Waals surface area (Å²) in [6.45, 7) is 3.25. The van der Waals surface area contributed by atoms with Gasteiger partial charge in [-0.2, -0.15) is 0 Å². The van der Waals surface area contributed by atoms with E-state index in [-0.39, 0.29) is 0 Å². The van der Waals surface area contributed by atoms with Crippen molar-refractivity contribution in [3.8, 4) is 0 Å². The van der Waals surface area contributed by atoms with Crippen LogP contribution in [0.15, 0.2) is 10.8 Å². The fourth-order valence-corrected chi connectivity index (χ4v) is 2.31. The number of rotatable bonds is 5. The van der Waals surface area contributed by atoms with Crippen LogP contribution in [0.1, 0.15) is 26.2 Å². The number of halogens is 1. The van der Waals surface area contributed by atoms with Crippen molar-refractivity contribution >= 4 is 27.6 Å². The predicted molar refractivity (Wildman–Crippen MR) is 69.7 cm³/mol. The second-order valence-corrected chi connectivity index (χ2v) is 5.13. The average molecular weight is 285 g/mol. The summed E-state index contributed by atoms with van der Waals surface area (Å²) in [4.78, 5) is 8.37. The summed E-state index contributed by atoms with van der Waals surface area (Å²) in [5.74, 6) is 1.69. The third-order valence-electron chi connectivity index (χ3n) is 3.36. The predicted octanol–water partition coefficient (Wildman–Crippen LogP) is 2.88. The van der Waals surface area contributed by atoms with Crippen molar-refractivity contribution in [2.45, 2.75) is 26.2 Å². The number of aromatic nitrogens is 2. The molecule has 0 radical (unpaired) electrons. The zero-order valence-corrected chi connectivity index (χ0v) is 11.3. The first-order chi connectivity index (χ1) is 7.71. The zero-order valence-electron chi connectivity index (χ0n) is 9.68. The minimum atomic E-state index is 0.518. The minimum absolute atomic E-state index is 0.518. The molecule has 1 aliphatic rings. The summed E-state index contributed by atoms with van der Waals surface area (Å²) in [5.41, 5.74) is 0.518. The Kier molecular flexibility index (Phi) is 3.33. The van der Waals surface area contributed by atoms with Crippen LogP contribution in [0.5, 0.6) is 0 Å². The van der Waals surface area contributed by atoms with Crippen LogP contribution in [-0.4, -0.2) is 23.6 Å². The Morgan fingerprint density at radius 2 is 2.06 bits per heavy atom. The van der Waals surface area contributed by atoms with Gasteiger partial charge in [-0.15, -0.1) is 0 Å². The lowest BCUT2D eigenvalue weighted by Crippen LogP contribution is -2.15. The molecule has 2 rings (SSSR count). The molecule has 0 atom stereocenters. The van der Waals surface area contributed by atoms with Gasteiger partial charge in [0.2, 0.25) is 0 Å². The van der Waals surface area contributed by atoms with Crippen LogP contribution in [0.25, 0.3) is 0 Å². The molecule has 88 valence electrons. The molecule has 1 saturated carbocycles. The van der Waals surface area contributed by atoms with Gasteiger partial charge in [0, 0.05) is 13.6 Å². The number of nitrogens with zero attached hydrogens (tertiary/aromatic N) is 2. The van der Waals surface area contributed by atoms with Crippen molar-refractivity contribution < 1.29 is 0 Å². The largest absolute Gasteiger partial charge is 0.372 e. The lowest BCUT2D eigenvalue weighted by Gasteiger charge is -2.15. The van der Waals surface area contributed by atoms with E-state index in [0.29, 0.717) is 5.41 Å². The maximum Gasteiger partial charge on any atom is 0.145 e. The van der Waals surface area contributed by atoms with Gasteiger partial charge in [-0.1, -0.05) is 6.92 Å². The minimum Gasteiger partial charge on any atom is -0.372 e. The highest BCUT2D eigenvalue weighted by Crippen LogP contribution is 2.48. The molecule has 4 nitrogen and oxygen atoms in total. The van der Waals surface area contributed by atoms with Gasteiger partial charge in [0.1, 0.15) is 22.4 Å². The number of anilines is 2. The lowest BCUT2D eigenvalue weighted by atomic mass is 10.0. The number of hydrogen-bond donors (Lipinski definition) is 2. The van der Waals surface area contributed by atoms with Gasteiger partial charge in [0.15, 0.2) is 0 Å². The molecule has 1 aromatic heterocycles. The molecule has 0 aromatic carbocycles. The van der Waals surface area contributed by atoms with Gasteiger partial charge in [0.05, 0.1) is 0 Å². The molecule has 1 aromatic rings. The molecule has 0 amide bonds. The van der Waals surface area contributed by atoms with Crippen molar-refractivity contribution in [1.82, 2.24) is 9.97 Å². The SMILES string of the molecule is CCC1(CNc2ncnc(NC)c2Br)CC1. The summed E-state index contributed by atoms with van der Waals surface area (Å²) in [7, 11) is 1.85. The summed E-state index contributed by atoms with van der Waals surface area (Å²) < 4.78 is 0.907. The normalized spacial score (nSPS) is 16.9. The monoisotopic (exact) mass is 284 g/mol. The van der Waals surface area contributed by atoms with Crippen LogP contribution < -0.4 is 10.6 Å².